The molecule has 6 nitrogen and oxygen atoms in total. The molecule has 1 unspecified atom stereocenters. The van der Waals surface area contributed by atoms with Crippen LogP contribution in [0.4, 0.5) is 0 Å². The van der Waals surface area contributed by atoms with Crippen LogP contribution in [0.3, 0.4) is 0 Å². The zero-order chi connectivity index (χ0) is 16.1. The van der Waals surface area contributed by atoms with E-state index in [1.54, 1.807) is 16.7 Å². The van der Waals surface area contributed by atoms with Gasteiger partial charge in [-0.15, -0.1) is 11.8 Å². The van der Waals surface area contributed by atoms with Crippen molar-refractivity contribution in [3.63, 3.8) is 0 Å². The Kier molecular flexibility index (Phi) is 5.53. The molecule has 0 saturated carbocycles. The van der Waals surface area contributed by atoms with Crippen molar-refractivity contribution in [1.82, 2.24) is 15.0 Å². The average molecular weight is 354 g/mol. The summed E-state index contributed by atoms with van der Waals surface area (Å²) in [6.45, 7) is 1.45. The first-order valence-electron chi connectivity index (χ1n) is 7.26. The van der Waals surface area contributed by atoms with Gasteiger partial charge < -0.3 is 14.2 Å². The van der Waals surface area contributed by atoms with Gasteiger partial charge in [-0.1, -0.05) is 28.9 Å². The van der Waals surface area contributed by atoms with E-state index in [1.165, 1.54) is 6.39 Å². The van der Waals surface area contributed by atoms with Crippen molar-refractivity contribution < 1.29 is 14.1 Å². The van der Waals surface area contributed by atoms with E-state index in [1.807, 2.05) is 24.3 Å². The molecule has 1 aromatic heterocycles. The second-order valence-corrected chi connectivity index (χ2v) is 6.54. The third-order valence-corrected chi connectivity index (χ3v) is 5.05. The van der Waals surface area contributed by atoms with Crippen molar-refractivity contribution in [1.29, 1.82) is 0 Å². The quantitative estimate of drug-likeness (QED) is 0.770. The normalized spacial score (nSPS) is 18.1. The zero-order valence-electron chi connectivity index (χ0n) is 12.4. The van der Waals surface area contributed by atoms with Gasteiger partial charge in [0.05, 0.1) is 18.2 Å². The molecular formula is C15H16ClN3O3S. The van der Waals surface area contributed by atoms with Crippen molar-refractivity contribution in [2.24, 2.45) is 0 Å². The number of benzene rings is 1. The lowest BCUT2D eigenvalue weighted by molar-refractivity contribution is -0.140. The molecule has 1 aliphatic rings. The largest absolute Gasteiger partial charge is 0.377 e. The van der Waals surface area contributed by atoms with Gasteiger partial charge in [0, 0.05) is 23.6 Å². The molecule has 0 spiro atoms. The summed E-state index contributed by atoms with van der Waals surface area (Å²) >= 11 is 7.70. The predicted molar refractivity (Wildman–Crippen MR) is 86.4 cm³/mol. The van der Waals surface area contributed by atoms with Gasteiger partial charge in [0.15, 0.2) is 5.82 Å². The highest BCUT2D eigenvalue weighted by Gasteiger charge is 2.31. The van der Waals surface area contributed by atoms with E-state index in [4.69, 9.17) is 20.9 Å². The number of hydrogen-bond donors (Lipinski definition) is 0. The third-order valence-electron chi connectivity index (χ3n) is 3.54. The molecule has 122 valence electrons. The highest BCUT2D eigenvalue weighted by molar-refractivity contribution is 7.99. The predicted octanol–water partition coefficient (Wildman–Crippen LogP) is 2.81. The van der Waals surface area contributed by atoms with Gasteiger partial charge in [-0.2, -0.15) is 4.98 Å². The zero-order valence-corrected chi connectivity index (χ0v) is 13.9. The maximum atomic E-state index is 12.5. The van der Waals surface area contributed by atoms with Crippen molar-refractivity contribution in [3.8, 4) is 0 Å². The smallest absolute Gasteiger partial charge is 0.224 e. The molecule has 1 amide bonds. The van der Waals surface area contributed by atoms with Gasteiger partial charge in [0.25, 0.3) is 0 Å². The van der Waals surface area contributed by atoms with Crippen molar-refractivity contribution in [2.75, 3.05) is 25.5 Å². The van der Waals surface area contributed by atoms with Crippen LogP contribution >= 0.6 is 23.4 Å². The molecule has 1 saturated heterocycles. The lowest BCUT2D eigenvalue weighted by atomic mass is 10.2. The molecule has 1 aromatic carbocycles. The summed E-state index contributed by atoms with van der Waals surface area (Å²) in [5, 5.41) is 4.54. The Labute approximate surface area is 143 Å². The van der Waals surface area contributed by atoms with Crippen molar-refractivity contribution in [2.45, 2.75) is 17.4 Å². The Bertz CT molecular complexity index is 653. The molecule has 2 aromatic rings. The number of ether oxygens (including phenoxy) is 1. The number of nitrogens with zero attached hydrogens (tertiary/aromatic N) is 3. The van der Waals surface area contributed by atoms with Crippen molar-refractivity contribution in [3.05, 3.63) is 41.5 Å². The summed E-state index contributed by atoms with van der Waals surface area (Å²) in [6, 6.07) is 7.35. The summed E-state index contributed by atoms with van der Waals surface area (Å²) in [4.78, 5) is 19.3. The number of amides is 1. The summed E-state index contributed by atoms with van der Waals surface area (Å²) in [7, 11) is 0. The van der Waals surface area contributed by atoms with E-state index < -0.39 is 0 Å². The third kappa shape index (κ3) is 4.04. The summed E-state index contributed by atoms with van der Waals surface area (Å²) in [5.74, 6) is 1.21. The Balaban J connectivity index is 1.57. The number of hydrogen-bond acceptors (Lipinski definition) is 6. The number of carbonyl (C=O) groups excluding carboxylic acids is 1. The number of thioether (sulfide) groups is 1. The molecule has 8 heteroatoms. The van der Waals surface area contributed by atoms with Crippen LogP contribution in [0.1, 0.15) is 18.3 Å². The van der Waals surface area contributed by atoms with Gasteiger partial charge in [-0.05, 0) is 12.1 Å². The minimum Gasteiger partial charge on any atom is -0.377 e. The molecule has 1 atom stereocenters. The van der Waals surface area contributed by atoms with Crippen LogP contribution in [0.15, 0.2) is 40.1 Å². The molecule has 0 radical (unpaired) electrons. The second kappa shape index (κ2) is 7.81. The van der Waals surface area contributed by atoms with Crippen LogP contribution in [0.2, 0.25) is 5.02 Å². The Hall–Kier alpha value is -1.57. The Morgan fingerprint density at radius 1 is 1.43 bits per heavy atom. The minimum atomic E-state index is -0.277. The van der Waals surface area contributed by atoms with Crippen LogP contribution < -0.4 is 0 Å². The monoisotopic (exact) mass is 353 g/mol. The van der Waals surface area contributed by atoms with Crippen LogP contribution in [-0.4, -0.2) is 46.5 Å². The number of aromatic nitrogens is 2. The molecular weight excluding hydrogens is 338 g/mol. The van der Waals surface area contributed by atoms with Gasteiger partial charge >= 0.3 is 0 Å². The highest BCUT2D eigenvalue weighted by Crippen LogP contribution is 2.28. The van der Waals surface area contributed by atoms with E-state index in [0.717, 1.165) is 4.90 Å². The molecule has 3 rings (SSSR count). The lowest BCUT2D eigenvalue weighted by Gasteiger charge is -2.33. The molecule has 2 heterocycles. The topological polar surface area (TPSA) is 68.5 Å². The SMILES string of the molecule is O=C(CCSc1ccccc1Cl)N1CCOCC1c1ncon1. The summed E-state index contributed by atoms with van der Waals surface area (Å²) in [5.41, 5.74) is 0. The number of morpholine rings is 1. The fourth-order valence-electron chi connectivity index (χ4n) is 2.40. The van der Waals surface area contributed by atoms with Crippen LogP contribution in [0.25, 0.3) is 0 Å². The molecule has 0 bridgehead atoms. The Morgan fingerprint density at radius 3 is 3.09 bits per heavy atom. The molecule has 0 N–H and O–H groups in total. The molecule has 0 aliphatic carbocycles. The first kappa shape index (κ1) is 16.3. The summed E-state index contributed by atoms with van der Waals surface area (Å²) < 4.78 is 10.2. The van der Waals surface area contributed by atoms with Crippen LogP contribution in [0.5, 0.6) is 0 Å². The Morgan fingerprint density at radius 2 is 2.30 bits per heavy atom. The lowest BCUT2D eigenvalue weighted by Crippen LogP contribution is -2.44. The number of rotatable bonds is 5. The fraction of sp³-hybridized carbons (Fsp3) is 0.400. The maximum absolute atomic E-state index is 12.5. The van der Waals surface area contributed by atoms with E-state index in [9.17, 15) is 4.79 Å². The maximum Gasteiger partial charge on any atom is 0.224 e. The van der Waals surface area contributed by atoms with Gasteiger partial charge in [-0.25, -0.2) is 0 Å². The summed E-state index contributed by atoms with van der Waals surface area (Å²) in [6.07, 6.45) is 1.68. The molecule has 23 heavy (non-hydrogen) atoms. The molecule has 1 fully saturated rings. The van der Waals surface area contributed by atoms with Crippen LogP contribution in [0, 0.1) is 0 Å². The van der Waals surface area contributed by atoms with Crippen molar-refractivity contribution >= 4 is 29.3 Å². The standard InChI is InChI=1S/C15H16ClN3O3S/c16-11-3-1-2-4-13(11)23-8-5-14(20)19-6-7-21-9-12(19)15-17-10-22-18-15/h1-4,10,12H,5-9H2. The van der Waals surface area contributed by atoms with Gasteiger partial charge in [0.1, 0.15) is 6.04 Å². The highest BCUT2D eigenvalue weighted by atomic mass is 35.5. The van der Waals surface area contributed by atoms with Gasteiger partial charge in [0.2, 0.25) is 12.3 Å². The van der Waals surface area contributed by atoms with Crippen LogP contribution in [-0.2, 0) is 9.53 Å². The average Bonchev–Trinajstić information content (AvgIpc) is 3.11. The van der Waals surface area contributed by atoms with E-state index >= 15 is 0 Å². The molecule has 1 aliphatic heterocycles. The first-order chi connectivity index (χ1) is 11.3. The van der Waals surface area contributed by atoms with E-state index in [0.29, 0.717) is 42.8 Å². The van der Waals surface area contributed by atoms with Gasteiger partial charge in [-0.3, -0.25) is 4.79 Å². The second-order valence-electron chi connectivity index (χ2n) is 5.00. The van der Waals surface area contributed by atoms with E-state index in [2.05, 4.69) is 10.1 Å². The minimum absolute atomic E-state index is 0.0580. The number of carbonyl (C=O) groups is 1. The first-order valence-corrected chi connectivity index (χ1v) is 8.63. The fourth-order valence-corrected chi connectivity index (χ4v) is 3.57. The van der Waals surface area contributed by atoms with E-state index in [-0.39, 0.29) is 11.9 Å². The number of halogens is 1.